The van der Waals surface area contributed by atoms with E-state index in [1.165, 1.54) is 7.05 Å². The van der Waals surface area contributed by atoms with Gasteiger partial charge < -0.3 is 10.6 Å². The second kappa shape index (κ2) is 6.70. The monoisotopic (exact) mass is 274 g/mol. The summed E-state index contributed by atoms with van der Waals surface area (Å²) in [6.07, 6.45) is 7.15. The Hall–Kier alpha value is -2.37. The third-order valence-corrected chi connectivity index (χ3v) is 3.02. The third kappa shape index (κ3) is 3.81. The van der Waals surface area contributed by atoms with Crippen LogP contribution in [-0.2, 0) is 0 Å². The van der Waals surface area contributed by atoms with Crippen molar-refractivity contribution in [3.63, 3.8) is 0 Å². The largest absolute Gasteiger partial charge is 0.354 e. The predicted octanol–water partition coefficient (Wildman–Crippen LogP) is 1.67. The summed E-state index contributed by atoms with van der Waals surface area (Å²) in [5.41, 5.74) is 0.267. The van der Waals surface area contributed by atoms with Gasteiger partial charge in [-0.05, 0) is 31.4 Å². The minimum atomic E-state index is -0.317. The molecule has 0 radical (unpaired) electrons. The number of carbonyl (C=O) groups excluding carboxylic acids is 2. The number of hydrogen-bond acceptors (Lipinski definition) is 3. The molecule has 3 N–H and O–H groups in total. The Morgan fingerprint density at radius 2 is 2.20 bits per heavy atom. The Morgan fingerprint density at radius 1 is 1.35 bits per heavy atom. The van der Waals surface area contributed by atoms with E-state index >= 15 is 0 Å². The molecule has 106 valence electrons. The molecular formula is C14H18N4O2. The van der Waals surface area contributed by atoms with E-state index in [-0.39, 0.29) is 23.7 Å². The fraction of sp³-hybridized carbons (Fsp3) is 0.357. The molecule has 1 heterocycles. The zero-order chi connectivity index (χ0) is 14.4. The first kappa shape index (κ1) is 14.0. The second-order valence-corrected chi connectivity index (χ2v) is 4.55. The van der Waals surface area contributed by atoms with Gasteiger partial charge in [0.25, 0.3) is 5.91 Å². The van der Waals surface area contributed by atoms with Gasteiger partial charge in [0.2, 0.25) is 0 Å². The first-order chi connectivity index (χ1) is 9.69. The van der Waals surface area contributed by atoms with E-state index in [2.05, 4.69) is 27.0 Å². The van der Waals surface area contributed by atoms with Crippen LogP contribution < -0.4 is 16.0 Å². The summed E-state index contributed by atoms with van der Waals surface area (Å²) in [6, 6.07) is 4.65. The standard InChI is InChI=1S/C14H18N4O2/c1-15-13(19)11-8-5-9-12(17-11)18-14(20)16-10-6-3-2-4-7-10/h3,5-6,8-10H,2,4,7H2,1H3,(H,15,19)(H2,16,17,18,20)/t10-/m1/s1. The number of nitrogens with zero attached hydrogens (tertiary/aromatic N) is 1. The summed E-state index contributed by atoms with van der Waals surface area (Å²) in [5.74, 6) is 0.0626. The van der Waals surface area contributed by atoms with Gasteiger partial charge in [0.1, 0.15) is 11.5 Å². The van der Waals surface area contributed by atoms with Crippen molar-refractivity contribution in [2.45, 2.75) is 25.3 Å². The van der Waals surface area contributed by atoms with E-state index in [1.54, 1.807) is 18.2 Å². The van der Waals surface area contributed by atoms with Crippen LogP contribution in [0.15, 0.2) is 30.4 Å². The summed E-state index contributed by atoms with van der Waals surface area (Å²) < 4.78 is 0. The highest BCUT2D eigenvalue weighted by Crippen LogP contribution is 2.10. The van der Waals surface area contributed by atoms with E-state index in [9.17, 15) is 9.59 Å². The molecule has 6 nitrogen and oxygen atoms in total. The number of urea groups is 1. The molecule has 20 heavy (non-hydrogen) atoms. The van der Waals surface area contributed by atoms with E-state index in [4.69, 9.17) is 0 Å². The second-order valence-electron chi connectivity index (χ2n) is 4.55. The zero-order valence-electron chi connectivity index (χ0n) is 11.3. The maximum absolute atomic E-state index is 11.8. The van der Waals surface area contributed by atoms with Crippen molar-refractivity contribution < 1.29 is 9.59 Å². The topological polar surface area (TPSA) is 83.1 Å². The van der Waals surface area contributed by atoms with Crippen LogP contribution in [0.4, 0.5) is 10.6 Å². The summed E-state index contributed by atoms with van der Waals surface area (Å²) in [6.45, 7) is 0. The Bertz CT molecular complexity index is 528. The quantitative estimate of drug-likeness (QED) is 0.733. The smallest absolute Gasteiger partial charge is 0.320 e. The molecule has 6 heteroatoms. The van der Waals surface area contributed by atoms with Crippen molar-refractivity contribution in [1.29, 1.82) is 0 Å². The molecule has 1 aromatic heterocycles. The molecule has 0 unspecified atom stereocenters. The number of allylic oxidation sites excluding steroid dienone is 1. The lowest BCUT2D eigenvalue weighted by molar-refractivity contribution is 0.0958. The lowest BCUT2D eigenvalue weighted by atomic mass is 10.0. The number of carbonyl (C=O) groups is 2. The minimum Gasteiger partial charge on any atom is -0.354 e. The molecule has 0 saturated heterocycles. The molecule has 0 saturated carbocycles. The summed E-state index contributed by atoms with van der Waals surface area (Å²) in [5, 5.41) is 7.97. The van der Waals surface area contributed by atoms with E-state index in [1.807, 2.05) is 6.08 Å². The number of rotatable bonds is 3. The lowest BCUT2D eigenvalue weighted by Crippen LogP contribution is -2.37. The maximum Gasteiger partial charge on any atom is 0.320 e. The fourth-order valence-corrected chi connectivity index (χ4v) is 2.01. The van der Waals surface area contributed by atoms with Crippen molar-refractivity contribution in [2.75, 3.05) is 12.4 Å². The molecule has 1 aliphatic carbocycles. The predicted molar refractivity (Wildman–Crippen MR) is 76.6 cm³/mol. The molecule has 0 aromatic carbocycles. The van der Waals surface area contributed by atoms with Gasteiger partial charge in [-0.25, -0.2) is 9.78 Å². The molecule has 0 bridgehead atoms. The Morgan fingerprint density at radius 3 is 2.90 bits per heavy atom. The average molecular weight is 274 g/mol. The van der Waals surface area contributed by atoms with Gasteiger partial charge in [0.15, 0.2) is 0 Å². The summed E-state index contributed by atoms with van der Waals surface area (Å²) >= 11 is 0. The van der Waals surface area contributed by atoms with Crippen LogP contribution in [0.2, 0.25) is 0 Å². The van der Waals surface area contributed by atoms with E-state index in [0.717, 1.165) is 19.3 Å². The van der Waals surface area contributed by atoms with Gasteiger partial charge >= 0.3 is 6.03 Å². The van der Waals surface area contributed by atoms with Gasteiger partial charge in [-0.2, -0.15) is 0 Å². The highest BCUT2D eigenvalue weighted by Gasteiger charge is 2.12. The van der Waals surface area contributed by atoms with Crippen LogP contribution in [0.3, 0.4) is 0 Å². The van der Waals surface area contributed by atoms with Crippen molar-refractivity contribution in [3.05, 3.63) is 36.0 Å². The SMILES string of the molecule is CNC(=O)c1cccc(NC(=O)N[C@@H]2C=CCCC2)n1. The van der Waals surface area contributed by atoms with Crippen LogP contribution in [0.5, 0.6) is 0 Å². The highest BCUT2D eigenvalue weighted by atomic mass is 16.2. The lowest BCUT2D eigenvalue weighted by Gasteiger charge is -2.18. The van der Waals surface area contributed by atoms with Crippen molar-refractivity contribution in [1.82, 2.24) is 15.6 Å². The molecule has 3 amide bonds. The number of nitrogens with one attached hydrogen (secondary N) is 3. The number of anilines is 1. The van der Waals surface area contributed by atoms with Crippen LogP contribution in [0.25, 0.3) is 0 Å². The maximum atomic E-state index is 11.8. The van der Waals surface area contributed by atoms with Crippen LogP contribution >= 0.6 is 0 Å². The van der Waals surface area contributed by atoms with Gasteiger partial charge in [0, 0.05) is 13.1 Å². The van der Waals surface area contributed by atoms with Gasteiger partial charge in [-0.3, -0.25) is 10.1 Å². The third-order valence-electron chi connectivity index (χ3n) is 3.02. The number of hydrogen-bond donors (Lipinski definition) is 3. The number of aromatic nitrogens is 1. The molecule has 1 atom stereocenters. The van der Waals surface area contributed by atoms with Crippen molar-refractivity contribution in [3.8, 4) is 0 Å². The first-order valence-electron chi connectivity index (χ1n) is 6.62. The van der Waals surface area contributed by atoms with Gasteiger partial charge in [0.05, 0.1) is 0 Å². The number of amides is 3. The molecule has 2 rings (SSSR count). The Kier molecular flexibility index (Phi) is 4.70. The van der Waals surface area contributed by atoms with Crippen LogP contribution in [0.1, 0.15) is 29.8 Å². The van der Waals surface area contributed by atoms with Gasteiger partial charge in [-0.1, -0.05) is 18.2 Å². The summed E-state index contributed by atoms with van der Waals surface area (Å²) in [7, 11) is 1.53. The zero-order valence-corrected chi connectivity index (χ0v) is 11.3. The van der Waals surface area contributed by atoms with Crippen molar-refractivity contribution in [2.24, 2.45) is 0 Å². The Balaban J connectivity index is 1.95. The normalized spacial score (nSPS) is 17.4. The summed E-state index contributed by atoms with van der Waals surface area (Å²) in [4.78, 5) is 27.4. The molecule has 1 aliphatic rings. The molecule has 0 spiro atoms. The van der Waals surface area contributed by atoms with E-state index < -0.39 is 0 Å². The molecule has 0 aliphatic heterocycles. The van der Waals surface area contributed by atoms with Crippen molar-refractivity contribution >= 4 is 17.8 Å². The molecular weight excluding hydrogens is 256 g/mol. The molecule has 1 aromatic rings. The van der Waals surface area contributed by atoms with E-state index in [0.29, 0.717) is 5.82 Å². The highest BCUT2D eigenvalue weighted by molar-refractivity contribution is 5.93. The molecule has 0 fully saturated rings. The first-order valence-corrected chi connectivity index (χ1v) is 6.62. The Labute approximate surface area is 117 Å². The van der Waals surface area contributed by atoms with Crippen LogP contribution in [-0.4, -0.2) is 30.0 Å². The van der Waals surface area contributed by atoms with Gasteiger partial charge in [-0.15, -0.1) is 0 Å². The fourth-order valence-electron chi connectivity index (χ4n) is 2.01. The van der Waals surface area contributed by atoms with Crippen LogP contribution in [0, 0.1) is 0 Å². The average Bonchev–Trinajstić information content (AvgIpc) is 2.47. The number of pyridine rings is 1. The minimum absolute atomic E-state index is 0.0610.